The van der Waals surface area contributed by atoms with E-state index in [9.17, 15) is 0 Å². The molecule has 0 atom stereocenters. The van der Waals surface area contributed by atoms with E-state index in [4.69, 9.17) is 0 Å². The van der Waals surface area contributed by atoms with Gasteiger partial charge in [-0.05, 0) is 72.8 Å². The average molecular weight is 310 g/mol. The van der Waals surface area contributed by atoms with E-state index >= 15 is 0 Å². The van der Waals surface area contributed by atoms with Crippen molar-refractivity contribution < 1.29 is 0 Å². The van der Waals surface area contributed by atoms with Gasteiger partial charge in [0.1, 0.15) is 0 Å². The maximum atomic E-state index is 4.61. The standard InChI is InChI=1S/C20H14N4/c1-2-14-4-6-16(22-14)12-18-8-10-20(24-18)19-9-7-17(23-19)11-15-5-3-13(1)21-15/h1-12,23-24H. The summed E-state index contributed by atoms with van der Waals surface area (Å²) in [6.07, 6.45) is 8.06. The van der Waals surface area contributed by atoms with Crippen molar-refractivity contribution in [3.8, 4) is 0 Å². The summed E-state index contributed by atoms with van der Waals surface area (Å²) in [5.41, 5.74) is 7.91. The molecule has 0 fully saturated rings. The molecule has 2 aliphatic rings. The van der Waals surface area contributed by atoms with E-state index in [1.807, 2.05) is 48.6 Å². The molecule has 0 saturated carbocycles. The quantitative estimate of drug-likeness (QED) is 0.437. The molecule has 0 unspecified atom stereocenters. The normalized spacial score (nSPS) is 12.7. The summed E-state index contributed by atoms with van der Waals surface area (Å²) in [6, 6.07) is 16.3. The maximum Gasteiger partial charge on any atom is 0.0658 e. The fraction of sp³-hybridized carbons (Fsp3) is 0. The lowest BCUT2D eigenvalue weighted by Gasteiger charge is -1.86. The van der Waals surface area contributed by atoms with Crippen molar-refractivity contribution in [2.75, 3.05) is 0 Å². The van der Waals surface area contributed by atoms with E-state index < -0.39 is 0 Å². The summed E-state index contributed by atoms with van der Waals surface area (Å²) < 4.78 is 0. The molecule has 8 bridgehead atoms. The Morgan fingerprint density at radius 3 is 1.46 bits per heavy atom. The second-order valence-electron chi connectivity index (χ2n) is 5.87. The molecule has 0 amide bonds. The first-order chi connectivity index (χ1) is 11.8. The highest BCUT2D eigenvalue weighted by molar-refractivity contribution is 5.81. The molecule has 0 aromatic carbocycles. The van der Waals surface area contributed by atoms with Gasteiger partial charge in [-0.3, -0.25) is 0 Å². The number of aromatic amines is 2. The number of hydrogen-bond donors (Lipinski definition) is 2. The largest absolute Gasteiger partial charge is 0.354 e. The van der Waals surface area contributed by atoms with Crippen LogP contribution in [0.4, 0.5) is 0 Å². The molecule has 0 spiro atoms. The predicted octanol–water partition coefficient (Wildman–Crippen LogP) is 4.66. The van der Waals surface area contributed by atoms with Gasteiger partial charge in [-0.2, -0.15) is 0 Å². The zero-order chi connectivity index (χ0) is 15.9. The lowest BCUT2D eigenvalue weighted by Crippen LogP contribution is -1.75. The van der Waals surface area contributed by atoms with Gasteiger partial charge in [-0.15, -0.1) is 0 Å². The Morgan fingerprint density at radius 2 is 0.958 bits per heavy atom. The van der Waals surface area contributed by atoms with Crippen molar-refractivity contribution in [2.45, 2.75) is 0 Å². The maximum absolute atomic E-state index is 4.61. The Morgan fingerprint density at radius 1 is 0.500 bits per heavy atom. The lowest BCUT2D eigenvalue weighted by molar-refractivity contribution is 1.30. The zero-order valence-corrected chi connectivity index (χ0v) is 12.8. The molecule has 24 heavy (non-hydrogen) atoms. The minimum atomic E-state index is 0.931. The Hall–Kier alpha value is -3.40. The van der Waals surface area contributed by atoms with Crippen molar-refractivity contribution in [3.63, 3.8) is 0 Å². The Labute approximate surface area is 138 Å². The fourth-order valence-corrected chi connectivity index (χ4v) is 2.93. The topological polar surface area (TPSA) is 57.4 Å². The van der Waals surface area contributed by atoms with E-state index in [1.165, 1.54) is 0 Å². The minimum Gasteiger partial charge on any atom is -0.354 e. The van der Waals surface area contributed by atoms with E-state index in [-0.39, 0.29) is 0 Å². The van der Waals surface area contributed by atoms with E-state index in [1.54, 1.807) is 0 Å². The van der Waals surface area contributed by atoms with E-state index in [2.05, 4.69) is 44.2 Å². The first-order valence-electron chi connectivity index (χ1n) is 7.85. The van der Waals surface area contributed by atoms with Crippen LogP contribution in [0.3, 0.4) is 0 Å². The van der Waals surface area contributed by atoms with Gasteiger partial charge in [0.05, 0.1) is 33.8 Å². The number of hydrogen-bond acceptors (Lipinski definition) is 2. The molecule has 4 heteroatoms. The van der Waals surface area contributed by atoms with Crippen LogP contribution in [0.25, 0.3) is 46.4 Å². The molecule has 2 N–H and O–H groups in total. The minimum absolute atomic E-state index is 0.931. The predicted molar refractivity (Wildman–Crippen MR) is 98.9 cm³/mol. The third kappa shape index (κ3) is 2.34. The molecular formula is C20H14N4. The lowest BCUT2D eigenvalue weighted by atomic mass is 10.3. The van der Waals surface area contributed by atoms with Crippen molar-refractivity contribution in [1.82, 2.24) is 19.9 Å². The van der Waals surface area contributed by atoms with Crippen LogP contribution < -0.4 is 0 Å². The Balaban J connectivity index is 1.86. The number of rotatable bonds is 0. The molecular weight excluding hydrogens is 296 g/mol. The number of nitrogens with one attached hydrogen (secondary N) is 2. The summed E-state index contributed by atoms with van der Waals surface area (Å²) in [7, 11) is 0. The molecule has 5 rings (SSSR count). The molecule has 4 nitrogen and oxygen atoms in total. The van der Waals surface area contributed by atoms with Crippen LogP contribution in [0.1, 0.15) is 22.8 Å². The van der Waals surface area contributed by atoms with E-state index in [0.29, 0.717) is 0 Å². The second-order valence-corrected chi connectivity index (χ2v) is 5.87. The SMILES string of the molecule is C1=Cc2cc3ccc([nH]3)c3ccc(cc4nc(ccc1n2)C=C4)[nH]3. The molecule has 0 radical (unpaired) electrons. The molecule has 114 valence electrons. The van der Waals surface area contributed by atoms with Crippen molar-refractivity contribution in [3.05, 3.63) is 71.3 Å². The third-order valence-corrected chi connectivity index (χ3v) is 4.11. The van der Waals surface area contributed by atoms with Crippen LogP contribution in [-0.4, -0.2) is 19.9 Å². The van der Waals surface area contributed by atoms with Crippen LogP contribution >= 0.6 is 0 Å². The number of nitrogens with zero attached hydrogens (tertiary/aromatic N) is 2. The Kier molecular flexibility index (Phi) is 2.76. The summed E-state index contributed by atoms with van der Waals surface area (Å²) in [6.45, 7) is 0. The molecule has 2 aliphatic heterocycles. The first-order valence-corrected chi connectivity index (χ1v) is 7.85. The Bertz CT molecular complexity index is 1070. The van der Waals surface area contributed by atoms with Gasteiger partial charge in [0.2, 0.25) is 0 Å². The van der Waals surface area contributed by atoms with Crippen LogP contribution in [0.15, 0.2) is 48.5 Å². The third-order valence-electron chi connectivity index (χ3n) is 4.11. The summed E-state index contributed by atoms with van der Waals surface area (Å²) >= 11 is 0. The summed E-state index contributed by atoms with van der Waals surface area (Å²) in [5, 5.41) is 0. The summed E-state index contributed by atoms with van der Waals surface area (Å²) in [4.78, 5) is 16.0. The second kappa shape index (κ2) is 5.06. The average Bonchev–Trinajstić information content (AvgIpc) is 3.32. The van der Waals surface area contributed by atoms with Gasteiger partial charge in [-0.25, -0.2) is 9.97 Å². The highest BCUT2D eigenvalue weighted by Crippen LogP contribution is 2.17. The smallest absolute Gasteiger partial charge is 0.0658 e. The number of aromatic nitrogens is 4. The molecule has 0 saturated heterocycles. The van der Waals surface area contributed by atoms with Gasteiger partial charge in [0, 0.05) is 11.0 Å². The number of fused-ring (bicyclic) bond motifs is 9. The summed E-state index contributed by atoms with van der Waals surface area (Å²) in [5.74, 6) is 0. The van der Waals surface area contributed by atoms with E-state index in [0.717, 1.165) is 44.8 Å². The molecule has 0 aliphatic carbocycles. The highest BCUT2D eigenvalue weighted by Gasteiger charge is 2.01. The molecule has 3 aromatic rings. The van der Waals surface area contributed by atoms with Crippen molar-refractivity contribution in [1.29, 1.82) is 0 Å². The van der Waals surface area contributed by atoms with Crippen LogP contribution in [0.5, 0.6) is 0 Å². The highest BCUT2D eigenvalue weighted by atomic mass is 14.8. The fourth-order valence-electron chi connectivity index (χ4n) is 2.93. The van der Waals surface area contributed by atoms with Crippen LogP contribution in [0, 0.1) is 0 Å². The molecule has 3 aromatic heterocycles. The monoisotopic (exact) mass is 310 g/mol. The van der Waals surface area contributed by atoms with Crippen LogP contribution in [-0.2, 0) is 0 Å². The molecule has 5 heterocycles. The first kappa shape index (κ1) is 13.1. The van der Waals surface area contributed by atoms with Gasteiger partial charge < -0.3 is 9.97 Å². The van der Waals surface area contributed by atoms with Crippen molar-refractivity contribution >= 4 is 46.4 Å². The van der Waals surface area contributed by atoms with Crippen molar-refractivity contribution in [2.24, 2.45) is 0 Å². The van der Waals surface area contributed by atoms with Gasteiger partial charge >= 0.3 is 0 Å². The van der Waals surface area contributed by atoms with Gasteiger partial charge in [0.25, 0.3) is 0 Å². The number of H-pyrrole nitrogens is 2. The van der Waals surface area contributed by atoms with Gasteiger partial charge in [-0.1, -0.05) is 0 Å². The van der Waals surface area contributed by atoms with Gasteiger partial charge in [0.15, 0.2) is 0 Å². The van der Waals surface area contributed by atoms with Crippen LogP contribution in [0.2, 0.25) is 0 Å². The zero-order valence-electron chi connectivity index (χ0n) is 12.8.